The molecule has 8 aromatic carbocycles. The summed E-state index contributed by atoms with van der Waals surface area (Å²) in [4.78, 5) is 79.8. The number of hydrogen-bond donors (Lipinski definition) is 9. The van der Waals surface area contributed by atoms with Gasteiger partial charge in [0.05, 0.1) is 113 Å². The summed E-state index contributed by atoms with van der Waals surface area (Å²) in [6.45, 7) is 0.0821. The third-order valence-electron chi connectivity index (χ3n) is 16.0. The second-order valence-electron chi connectivity index (χ2n) is 21.7. The van der Waals surface area contributed by atoms with Crippen molar-refractivity contribution in [2.45, 2.75) is 0 Å². The van der Waals surface area contributed by atoms with E-state index in [-0.39, 0.29) is 41.5 Å². The second-order valence-corrected chi connectivity index (χ2v) is 22.4. The number of allylic oxidation sites excluding steroid dienone is 1. The summed E-state index contributed by atoms with van der Waals surface area (Å²) in [5.74, 6) is 6.12. The third-order valence-corrected chi connectivity index (χ3v) is 16.6. The fourth-order valence-corrected chi connectivity index (χ4v) is 11.5. The molecule has 0 saturated heterocycles. The Morgan fingerprint density at radius 2 is 0.892 bits per heavy atom. The second kappa shape index (κ2) is 33.9. The van der Waals surface area contributed by atoms with Gasteiger partial charge in [-0.05, 0) is 149 Å². The van der Waals surface area contributed by atoms with E-state index in [0.29, 0.717) is 118 Å². The number of aromatic nitrogens is 3. The average molecular weight is 1450 g/mol. The maximum absolute atomic E-state index is 13.4. The third kappa shape index (κ3) is 16.2. The first kappa shape index (κ1) is 73.8. The maximum Gasteiger partial charge on any atom is 0.496 e. The summed E-state index contributed by atoms with van der Waals surface area (Å²) >= 11 is 3.29. The molecule has 0 radical (unpaired) electrons. The highest BCUT2D eigenvalue weighted by atomic mass is 79.9. The zero-order valence-corrected chi connectivity index (χ0v) is 58.7. The van der Waals surface area contributed by atoms with Crippen LogP contribution >= 0.6 is 15.9 Å². The molecule has 26 nitrogen and oxygen atoms in total. The lowest BCUT2D eigenvalue weighted by Crippen LogP contribution is -2.32. The van der Waals surface area contributed by atoms with Gasteiger partial charge in [-0.1, -0.05) is 18.2 Å². The monoisotopic (exact) mass is 1450 g/mol. The lowest BCUT2D eigenvalue weighted by molar-refractivity contribution is 0.0959. The molecule has 0 spiro atoms. The molecule has 2 aliphatic rings. The fraction of sp³-hybridized carbons (Fsp3) is 0.162. The van der Waals surface area contributed by atoms with Gasteiger partial charge >= 0.3 is 19.2 Å². The number of H-pyrrole nitrogens is 3. The number of amides is 4. The van der Waals surface area contributed by atoms with E-state index < -0.39 is 7.12 Å². The van der Waals surface area contributed by atoms with E-state index in [9.17, 15) is 28.8 Å². The van der Waals surface area contributed by atoms with E-state index in [4.69, 9.17) is 62.2 Å². The number of fused-ring (bicyclic) bond motifs is 5. The van der Waals surface area contributed by atoms with E-state index in [2.05, 4.69) is 52.1 Å². The molecule has 5 heterocycles. The van der Waals surface area contributed by atoms with Crippen molar-refractivity contribution in [3.8, 4) is 85.8 Å². The number of carbonyl (C=O) groups is 6. The molecule has 0 atom stereocenters. The van der Waals surface area contributed by atoms with E-state index in [1.54, 1.807) is 110 Å². The van der Waals surface area contributed by atoms with Crippen LogP contribution < -0.4 is 78.8 Å². The normalized spacial score (nSPS) is 11.8. The van der Waals surface area contributed by atoms with E-state index in [0.717, 1.165) is 56.6 Å². The van der Waals surface area contributed by atoms with Gasteiger partial charge in [-0.15, -0.1) is 0 Å². The molecule has 526 valence electrons. The zero-order chi connectivity index (χ0) is 73.3. The van der Waals surface area contributed by atoms with Crippen molar-refractivity contribution in [2.24, 2.45) is 0 Å². The number of methoxy groups -OCH3 is 9. The van der Waals surface area contributed by atoms with Crippen LogP contribution in [0.2, 0.25) is 0 Å². The van der Waals surface area contributed by atoms with Crippen LogP contribution in [0.5, 0.6) is 63.2 Å². The molecule has 13 rings (SSSR count). The quantitative estimate of drug-likeness (QED) is 0.0232. The Hall–Kier alpha value is -12.4. The highest BCUT2D eigenvalue weighted by Crippen LogP contribution is 2.46. The van der Waals surface area contributed by atoms with Crippen LogP contribution in [0.25, 0.3) is 61.3 Å². The molecule has 4 amide bonds. The number of carbonyl (C=O) groups excluding carboxylic acids is 6. The number of nitrogens with one attached hydrogen (secondary N) is 7. The molecule has 0 fully saturated rings. The Labute approximate surface area is 593 Å². The Kier molecular flexibility index (Phi) is 24.6. The fourth-order valence-electron chi connectivity index (χ4n) is 11.0. The van der Waals surface area contributed by atoms with Crippen molar-refractivity contribution in [3.63, 3.8) is 0 Å². The molecule has 0 unspecified atom stereocenters. The predicted molar refractivity (Wildman–Crippen MR) is 391 cm³/mol. The number of rotatable bonds is 17. The smallest absolute Gasteiger partial charge is 0.496 e. The van der Waals surface area contributed by atoms with Gasteiger partial charge in [0, 0.05) is 69.3 Å². The summed E-state index contributed by atoms with van der Waals surface area (Å²) in [6, 6.07) is 42.0. The SMILES string of the molecule is CNC(=O)Nc1ccc2c(c1)C(=O)/C(=C/c1c(-c3c(OC)cccc3OC)[nH]c3ccc(OC)cc13)O2.CNC(=O)Nc1ccc2c(c1)C(=O)CO2.COc1ccc2[nH]c(-c3c(OC)cccc3OC)c(C=O)c2c1.COc1ccc2[nH]c(Br)c(C=O)c2c1.COc1cccc(OC)c1B(O)O. The number of ketones is 2. The minimum Gasteiger partial charge on any atom is -0.497 e. The van der Waals surface area contributed by atoms with Crippen LogP contribution in [0.15, 0.2) is 156 Å². The number of aromatic amines is 3. The van der Waals surface area contributed by atoms with Gasteiger partial charge in [0.15, 0.2) is 24.9 Å². The van der Waals surface area contributed by atoms with Crippen LogP contribution in [0, 0.1) is 0 Å². The van der Waals surface area contributed by atoms with Crippen molar-refractivity contribution in [1.29, 1.82) is 0 Å². The highest BCUT2D eigenvalue weighted by molar-refractivity contribution is 9.10. The van der Waals surface area contributed by atoms with Crippen molar-refractivity contribution >= 4 is 115 Å². The standard InChI is InChI=1S/C28H25N3O6.C18H17NO4.C10H8BrNO2.C10H10N2O3.C8H11BO4/c1-29-28(33)30-15-8-11-21-19(12-15)27(32)24(37-21)14-18-17-13-16(34-2)9-10-20(17)31-26(18)25-22(35-3)6-5-7-23(25)36-4;1-21-11-7-8-14-12(9-11)13(10-20)18(19-14)17-15(22-2)5-4-6-16(17)23-3;1-14-6-2-3-9-7(4-6)8(5-13)10(11)12-9;1-11-10(14)12-6-2-3-9-7(4-6)8(13)5-15-9;1-12-6-4-3-5-7(13-2)8(6)9(10)11/h5-14,31H,1-4H3,(H2,29,30,33);4-10,19H,1-3H3;2-5,12H,1H3;2-4H,5H2,1H3,(H2,11,12,14);3-5,10-11H,1-2H3/b24-14-;;;;. The minimum atomic E-state index is -1.59. The number of aldehydes is 2. The van der Waals surface area contributed by atoms with Crippen molar-refractivity contribution in [2.75, 3.05) is 95.3 Å². The van der Waals surface area contributed by atoms with Gasteiger partial charge in [-0.2, -0.15) is 0 Å². The lowest BCUT2D eigenvalue weighted by Gasteiger charge is -2.13. The molecule has 3 aromatic heterocycles. The zero-order valence-electron chi connectivity index (χ0n) is 57.1. The first-order chi connectivity index (χ1) is 49.4. The summed E-state index contributed by atoms with van der Waals surface area (Å²) in [5, 5.41) is 30.7. The number of halogens is 1. The largest absolute Gasteiger partial charge is 0.497 e. The molecule has 2 aliphatic heterocycles. The summed E-state index contributed by atoms with van der Waals surface area (Å²) < 4.78 is 59.7. The van der Waals surface area contributed by atoms with E-state index in [1.807, 2.05) is 91.0 Å². The molecule has 11 aromatic rings. The van der Waals surface area contributed by atoms with E-state index >= 15 is 0 Å². The number of ether oxygens (including phenoxy) is 11. The van der Waals surface area contributed by atoms with Crippen molar-refractivity contribution < 1.29 is 90.9 Å². The van der Waals surface area contributed by atoms with Crippen molar-refractivity contribution in [1.82, 2.24) is 25.6 Å². The van der Waals surface area contributed by atoms with Gasteiger partial charge in [0.1, 0.15) is 63.2 Å². The molecule has 28 heteroatoms. The van der Waals surface area contributed by atoms with Crippen LogP contribution in [0.3, 0.4) is 0 Å². The summed E-state index contributed by atoms with van der Waals surface area (Å²) in [7, 11) is 15.5. The van der Waals surface area contributed by atoms with Gasteiger partial charge in [-0.25, -0.2) is 9.59 Å². The molecule has 0 bridgehead atoms. The van der Waals surface area contributed by atoms with Crippen LogP contribution in [-0.2, 0) is 0 Å². The summed E-state index contributed by atoms with van der Waals surface area (Å²) in [5.41, 5.74) is 9.41. The molecule has 0 aliphatic carbocycles. The van der Waals surface area contributed by atoms with Crippen molar-refractivity contribution in [3.05, 3.63) is 184 Å². The number of urea groups is 2. The van der Waals surface area contributed by atoms with Gasteiger partial charge in [0.2, 0.25) is 11.6 Å². The van der Waals surface area contributed by atoms with Gasteiger partial charge < -0.3 is 98.4 Å². The van der Waals surface area contributed by atoms with Gasteiger partial charge in [0.25, 0.3) is 0 Å². The average Bonchev–Trinajstić information content (AvgIpc) is 1.61. The summed E-state index contributed by atoms with van der Waals surface area (Å²) in [6.07, 6.45) is 3.36. The van der Waals surface area contributed by atoms with Crippen LogP contribution in [-0.4, -0.2) is 153 Å². The molecular formula is C74H71BBrN7O19. The number of hydrogen-bond acceptors (Lipinski definition) is 19. The Balaban J connectivity index is 0.000000159. The topological polar surface area (TPSA) is 340 Å². The number of anilines is 2. The number of Topliss-reactive ketones (excluding diaryl/α,β-unsaturated/α-hetero) is 2. The van der Waals surface area contributed by atoms with Gasteiger partial charge in [-0.3, -0.25) is 19.2 Å². The maximum atomic E-state index is 13.4. The first-order valence-electron chi connectivity index (χ1n) is 30.9. The molecule has 102 heavy (non-hydrogen) atoms. The Bertz CT molecular complexity index is 4900. The molecule has 0 saturated carbocycles. The molecular weight excluding hydrogens is 1380 g/mol. The Morgan fingerprint density at radius 1 is 0.490 bits per heavy atom. The Morgan fingerprint density at radius 3 is 1.31 bits per heavy atom. The lowest BCUT2D eigenvalue weighted by atomic mass is 9.78. The molecule has 9 N–H and O–H groups in total. The van der Waals surface area contributed by atoms with E-state index in [1.165, 1.54) is 28.3 Å². The highest BCUT2D eigenvalue weighted by Gasteiger charge is 2.31. The first-order valence-corrected chi connectivity index (χ1v) is 31.7. The van der Waals surface area contributed by atoms with Crippen LogP contribution in [0.4, 0.5) is 21.0 Å². The number of benzene rings is 8. The minimum absolute atomic E-state index is 0.0643. The predicted octanol–water partition coefficient (Wildman–Crippen LogP) is 12.0. The van der Waals surface area contributed by atoms with Crippen LogP contribution in [0.1, 0.15) is 47.0 Å².